The van der Waals surface area contributed by atoms with Crippen LogP contribution in [0.2, 0.25) is 0 Å². The van der Waals surface area contributed by atoms with Gasteiger partial charge in [-0.15, -0.1) is 10.2 Å². The third kappa shape index (κ3) is 4.88. The standard InChI is InChI=1S/C23H22N6O/c1-30-27-23(19-7-3-2-4-8-19)20-9-5-6-18(14-20)16-24-21-12-10-17(11-13-21)15-22-25-28-29-26-22/h2-14,24H,15-16H2,1H3,(H,25,26,28,29)/b27-23-. The summed E-state index contributed by atoms with van der Waals surface area (Å²) in [7, 11) is 1.57. The lowest BCUT2D eigenvalue weighted by molar-refractivity contribution is 0.214. The van der Waals surface area contributed by atoms with Crippen LogP contribution in [0.3, 0.4) is 0 Å². The van der Waals surface area contributed by atoms with Gasteiger partial charge >= 0.3 is 0 Å². The topological polar surface area (TPSA) is 88.1 Å². The molecule has 1 heterocycles. The minimum absolute atomic E-state index is 0.653. The maximum Gasteiger partial charge on any atom is 0.178 e. The Bertz CT molecular complexity index is 1090. The van der Waals surface area contributed by atoms with Crippen molar-refractivity contribution in [1.82, 2.24) is 20.6 Å². The normalized spacial score (nSPS) is 11.3. The quantitative estimate of drug-likeness (QED) is 0.348. The third-order valence-electron chi connectivity index (χ3n) is 4.63. The lowest BCUT2D eigenvalue weighted by atomic mass is 10.0. The summed E-state index contributed by atoms with van der Waals surface area (Å²) in [4.78, 5) is 5.09. The van der Waals surface area contributed by atoms with Crippen LogP contribution < -0.4 is 5.32 Å². The third-order valence-corrected chi connectivity index (χ3v) is 4.63. The molecular weight excluding hydrogens is 376 g/mol. The highest BCUT2D eigenvalue weighted by molar-refractivity contribution is 6.12. The Labute approximate surface area is 174 Å². The van der Waals surface area contributed by atoms with E-state index in [4.69, 9.17) is 4.84 Å². The van der Waals surface area contributed by atoms with Crippen molar-refractivity contribution in [1.29, 1.82) is 0 Å². The number of rotatable bonds is 8. The van der Waals surface area contributed by atoms with Gasteiger partial charge in [0.2, 0.25) is 0 Å². The number of hydrogen-bond donors (Lipinski definition) is 2. The van der Waals surface area contributed by atoms with Crippen molar-refractivity contribution in [2.24, 2.45) is 5.16 Å². The number of H-pyrrole nitrogens is 1. The highest BCUT2D eigenvalue weighted by atomic mass is 16.6. The summed E-state index contributed by atoms with van der Waals surface area (Å²) in [5.41, 5.74) is 6.17. The Morgan fingerprint density at radius 2 is 1.73 bits per heavy atom. The van der Waals surface area contributed by atoms with Crippen molar-refractivity contribution in [3.8, 4) is 0 Å². The maximum atomic E-state index is 5.09. The molecule has 7 heteroatoms. The van der Waals surface area contributed by atoms with Gasteiger partial charge in [-0.3, -0.25) is 0 Å². The number of nitrogens with one attached hydrogen (secondary N) is 2. The largest absolute Gasteiger partial charge is 0.399 e. The van der Waals surface area contributed by atoms with E-state index in [1.165, 1.54) is 0 Å². The molecule has 0 bridgehead atoms. The van der Waals surface area contributed by atoms with Gasteiger partial charge in [-0.2, -0.15) is 5.21 Å². The second-order valence-corrected chi connectivity index (χ2v) is 6.74. The molecule has 0 fully saturated rings. The monoisotopic (exact) mass is 398 g/mol. The van der Waals surface area contributed by atoms with Crippen molar-refractivity contribution in [3.63, 3.8) is 0 Å². The molecule has 0 unspecified atom stereocenters. The molecule has 150 valence electrons. The van der Waals surface area contributed by atoms with E-state index < -0.39 is 0 Å². The Morgan fingerprint density at radius 3 is 2.47 bits per heavy atom. The van der Waals surface area contributed by atoms with E-state index in [1.807, 2.05) is 42.5 Å². The molecule has 0 amide bonds. The van der Waals surface area contributed by atoms with Gasteiger partial charge in [0.15, 0.2) is 5.82 Å². The second kappa shape index (κ2) is 9.47. The minimum Gasteiger partial charge on any atom is -0.399 e. The average Bonchev–Trinajstić information content (AvgIpc) is 3.31. The van der Waals surface area contributed by atoms with Crippen LogP contribution in [0, 0.1) is 0 Å². The van der Waals surface area contributed by atoms with Gasteiger partial charge in [-0.05, 0) is 29.3 Å². The molecular formula is C23H22N6O. The van der Waals surface area contributed by atoms with Gasteiger partial charge in [0.05, 0.1) is 0 Å². The number of benzene rings is 3. The van der Waals surface area contributed by atoms with Crippen molar-refractivity contribution in [3.05, 3.63) is 107 Å². The summed E-state index contributed by atoms with van der Waals surface area (Å²) in [6.45, 7) is 0.701. The first-order chi connectivity index (χ1) is 14.8. The molecule has 0 radical (unpaired) electrons. The van der Waals surface area contributed by atoms with Crippen LogP contribution in [0.1, 0.15) is 28.1 Å². The lowest BCUT2D eigenvalue weighted by Crippen LogP contribution is -2.06. The summed E-state index contributed by atoms with van der Waals surface area (Å²) in [5.74, 6) is 0.680. The fourth-order valence-electron chi connectivity index (χ4n) is 3.17. The summed E-state index contributed by atoms with van der Waals surface area (Å²) < 4.78 is 0. The first kappa shape index (κ1) is 19.3. The Hall–Kier alpha value is -4.00. The first-order valence-corrected chi connectivity index (χ1v) is 9.63. The lowest BCUT2D eigenvalue weighted by Gasteiger charge is -2.10. The number of aromatic amines is 1. The number of anilines is 1. The molecule has 0 aliphatic rings. The fourth-order valence-corrected chi connectivity index (χ4v) is 3.17. The molecule has 0 saturated carbocycles. The zero-order valence-corrected chi connectivity index (χ0v) is 16.6. The Kier molecular flexibility index (Phi) is 6.10. The Morgan fingerprint density at radius 1 is 0.933 bits per heavy atom. The van der Waals surface area contributed by atoms with Crippen LogP contribution in [0.25, 0.3) is 0 Å². The molecule has 30 heavy (non-hydrogen) atoms. The van der Waals surface area contributed by atoms with E-state index in [9.17, 15) is 0 Å². The predicted molar refractivity (Wildman–Crippen MR) is 116 cm³/mol. The molecule has 4 aromatic rings. The smallest absolute Gasteiger partial charge is 0.178 e. The molecule has 1 aromatic heterocycles. The zero-order chi connectivity index (χ0) is 20.6. The first-order valence-electron chi connectivity index (χ1n) is 9.63. The zero-order valence-electron chi connectivity index (χ0n) is 16.6. The molecule has 0 aliphatic carbocycles. The predicted octanol–water partition coefficient (Wildman–Crippen LogP) is 3.80. The van der Waals surface area contributed by atoms with E-state index in [0.29, 0.717) is 18.8 Å². The van der Waals surface area contributed by atoms with Crippen LogP contribution in [-0.4, -0.2) is 33.4 Å². The van der Waals surface area contributed by atoms with E-state index in [0.717, 1.165) is 33.7 Å². The van der Waals surface area contributed by atoms with Crippen LogP contribution in [0.15, 0.2) is 84.0 Å². The van der Waals surface area contributed by atoms with Crippen molar-refractivity contribution < 1.29 is 4.84 Å². The van der Waals surface area contributed by atoms with E-state index >= 15 is 0 Å². The number of aromatic nitrogens is 4. The highest BCUT2D eigenvalue weighted by Crippen LogP contribution is 2.16. The van der Waals surface area contributed by atoms with E-state index in [-0.39, 0.29) is 0 Å². The SMILES string of the molecule is CO/N=C(/c1ccccc1)c1cccc(CNc2ccc(Cc3nn[nH]n3)cc2)c1. The van der Waals surface area contributed by atoms with Crippen LogP contribution in [0.5, 0.6) is 0 Å². The van der Waals surface area contributed by atoms with Gasteiger partial charge < -0.3 is 10.2 Å². The minimum atomic E-state index is 0.653. The average molecular weight is 398 g/mol. The molecule has 4 rings (SSSR count). The number of nitrogens with zero attached hydrogens (tertiary/aromatic N) is 4. The molecule has 0 aliphatic heterocycles. The van der Waals surface area contributed by atoms with E-state index in [2.05, 4.69) is 67.5 Å². The molecule has 0 atom stereocenters. The molecule has 3 aromatic carbocycles. The van der Waals surface area contributed by atoms with Gasteiger partial charge in [-0.25, -0.2) is 0 Å². The summed E-state index contributed by atoms with van der Waals surface area (Å²) in [6.07, 6.45) is 0.653. The number of tetrazole rings is 1. The van der Waals surface area contributed by atoms with Crippen molar-refractivity contribution in [2.75, 3.05) is 12.4 Å². The maximum absolute atomic E-state index is 5.09. The molecule has 2 N–H and O–H groups in total. The Balaban J connectivity index is 1.43. The summed E-state index contributed by atoms with van der Waals surface area (Å²) in [6, 6.07) is 26.6. The fraction of sp³-hybridized carbons (Fsp3) is 0.130. The molecule has 7 nitrogen and oxygen atoms in total. The molecule has 0 spiro atoms. The number of oxime groups is 1. The van der Waals surface area contributed by atoms with Crippen molar-refractivity contribution in [2.45, 2.75) is 13.0 Å². The van der Waals surface area contributed by atoms with E-state index in [1.54, 1.807) is 7.11 Å². The van der Waals surface area contributed by atoms with Gasteiger partial charge in [0.1, 0.15) is 12.8 Å². The summed E-state index contributed by atoms with van der Waals surface area (Å²) >= 11 is 0. The molecule has 0 saturated heterocycles. The summed E-state index contributed by atoms with van der Waals surface area (Å²) in [5, 5.41) is 21.7. The van der Waals surface area contributed by atoms with Gasteiger partial charge in [-0.1, -0.05) is 71.0 Å². The van der Waals surface area contributed by atoms with Crippen LogP contribution in [-0.2, 0) is 17.8 Å². The van der Waals surface area contributed by atoms with Gasteiger partial charge in [0, 0.05) is 29.8 Å². The number of hydrogen-bond acceptors (Lipinski definition) is 6. The second-order valence-electron chi connectivity index (χ2n) is 6.74. The van der Waals surface area contributed by atoms with Gasteiger partial charge in [0.25, 0.3) is 0 Å². The van der Waals surface area contributed by atoms with Crippen molar-refractivity contribution >= 4 is 11.4 Å². The van der Waals surface area contributed by atoms with Crippen LogP contribution >= 0.6 is 0 Å². The highest BCUT2D eigenvalue weighted by Gasteiger charge is 2.08. The van der Waals surface area contributed by atoms with Crippen LogP contribution in [0.4, 0.5) is 5.69 Å².